The third-order valence-corrected chi connectivity index (χ3v) is 3.88. The number of hydrogen-bond acceptors (Lipinski definition) is 2. The number of halogens is 1. The van der Waals surface area contributed by atoms with Gasteiger partial charge in [-0.1, -0.05) is 55.3 Å². The summed E-state index contributed by atoms with van der Waals surface area (Å²) >= 11 is 3.63. The van der Waals surface area contributed by atoms with E-state index < -0.39 is 0 Å². The molecule has 0 aromatic heterocycles. The summed E-state index contributed by atoms with van der Waals surface area (Å²) in [7, 11) is 0. The van der Waals surface area contributed by atoms with Crippen LogP contribution in [-0.4, -0.2) is 13.2 Å². The Kier molecular flexibility index (Phi) is 8.35. The van der Waals surface area contributed by atoms with Gasteiger partial charge in [-0.3, -0.25) is 0 Å². The van der Waals surface area contributed by atoms with Crippen molar-refractivity contribution in [1.82, 2.24) is 5.32 Å². The Labute approximate surface area is 126 Å². The fourth-order valence-electron chi connectivity index (χ4n) is 2.03. The summed E-state index contributed by atoms with van der Waals surface area (Å²) in [6, 6.07) is 6.50. The first-order valence-corrected chi connectivity index (χ1v) is 8.02. The minimum absolute atomic E-state index is 0.650. The van der Waals surface area contributed by atoms with Crippen LogP contribution >= 0.6 is 15.9 Å². The zero-order valence-electron chi connectivity index (χ0n) is 12.3. The van der Waals surface area contributed by atoms with Crippen LogP contribution < -0.4 is 5.32 Å². The molecule has 0 bridgehead atoms. The summed E-state index contributed by atoms with van der Waals surface area (Å²) in [6.45, 7) is 10.0. The maximum absolute atomic E-state index is 5.79. The Hall–Kier alpha value is -0.380. The topological polar surface area (TPSA) is 21.3 Å². The lowest BCUT2D eigenvalue weighted by atomic mass is 10.1. The predicted molar refractivity (Wildman–Crippen MR) is 85.3 cm³/mol. The van der Waals surface area contributed by atoms with Crippen LogP contribution in [0.25, 0.3) is 0 Å². The van der Waals surface area contributed by atoms with Gasteiger partial charge >= 0.3 is 0 Å². The van der Waals surface area contributed by atoms with Gasteiger partial charge in [-0.05, 0) is 36.1 Å². The monoisotopic (exact) mass is 327 g/mol. The van der Waals surface area contributed by atoms with Crippen LogP contribution in [0.5, 0.6) is 0 Å². The smallest absolute Gasteiger partial charge is 0.0727 e. The Morgan fingerprint density at radius 2 is 2.11 bits per heavy atom. The summed E-state index contributed by atoms with van der Waals surface area (Å²) in [4.78, 5) is 0. The maximum Gasteiger partial charge on any atom is 0.0727 e. The minimum Gasteiger partial charge on any atom is -0.376 e. The molecule has 0 amide bonds. The number of benzene rings is 1. The third-order valence-electron chi connectivity index (χ3n) is 3.14. The highest BCUT2D eigenvalue weighted by atomic mass is 79.9. The Morgan fingerprint density at radius 1 is 1.32 bits per heavy atom. The van der Waals surface area contributed by atoms with Gasteiger partial charge in [0, 0.05) is 17.6 Å². The second-order valence-corrected chi connectivity index (χ2v) is 5.97. The van der Waals surface area contributed by atoms with Gasteiger partial charge < -0.3 is 10.1 Å². The standard InChI is InChI=1S/C16H26BrNO/c1-4-6-13(3)11-19-12-15-8-7-14(9-16(15)17)10-18-5-2/h7-9,13,18H,4-6,10-12H2,1-3H3. The van der Waals surface area contributed by atoms with Crippen molar-refractivity contribution < 1.29 is 4.74 Å². The first-order chi connectivity index (χ1) is 9.17. The van der Waals surface area contributed by atoms with Crippen molar-refractivity contribution in [2.45, 2.75) is 46.8 Å². The second-order valence-electron chi connectivity index (χ2n) is 5.12. The van der Waals surface area contributed by atoms with E-state index in [0.29, 0.717) is 12.5 Å². The minimum atomic E-state index is 0.650. The van der Waals surface area contributed by atoms with Crippen LogP contribution in [0.2, 0.25) is 0 Å². The van der Waals surface area contributed by atoms with Gasteiger partial charge in [0.1, 0.15) is 0 Å². The molecule has 0 heterocycles. The van der Waals surface area contributed by atoms with Crippen molar-refractivity contribution in [1.29, 1.82) is 0 Å². The van der Waals surface area contributed by atoms with Crippen molar-refractivity contribution in [3.63, 3.8) is 0 Å². The number of ether oxygens (including phenoxy) is 1. The van der Waals surface area contributed by atoms with Gasteiger partial charge in [0.2, 0.25) is 0 Å². The molecule has 1 aromatic carbocycles. The molecule has 19 heavy (non-hydrogen) atoms. The largest absolute Gasteiger partial charge is 0.376 e. The average Bonchev–Trinajstić information content (AvgIpc) is 2.39. The van der Waals surface area contributed by atoms with Gasteiger partial charge in [-0.2, -0.15) is 0 Å². The number of nitrogens with one attached hydrogen (secondary N) is 1. The maximum atomic E-state index is 5.79. The molecule has 0 radical (unpaired) electrons. The third kappa shape index (κ3) is 6.55. The molecule has 108 valence electrons. The molecule has 0 fully saturated rings. The molecular weight excluding hydrogens is 302 g/mol. The van der Waals surface area contributed by atoms with E-state index in [2.05, 4.69) is 60.2 Å². The molecule has 1 aromatic rings. The van der Waals surface area contributed by atoms with Crippen molar-refractivity contribution in [2.24, 2.45) is 5.92 Å². The van der Waals surface area contributed by atoms with Crippen LogP contribution in [0.4, 0.5) is 0 Å². The summed E-state index contributed by atoms with van der Waals surface area (Å²) in [5, 5.41) is 3.33. The quantitative estimate of drug-likeness (QED) is 0.720. The van der Waals surface area contributed by atoms with Crippen molar-refractivity contribution in [2.75, 3.05) is 13.2 Å². The van der Waals surface area contributed by atoms with E-state index in [-0.39, 0.29) is 0 Å². The lowest BCUT2D eigenvalue weighted by molar-refractivity contribution is 0.0890. The fraction of sp³-hybridized carbons (Fsp3) is 0.625. The highest BCUT2D eigenvalue weighted by Crippen LogP contribution is 2.20. The normalized spacial score (nSPS) is 12.6. The molecule has 0 saturated heterocycles. The van der Waals surface area contributed by atoms with Crippen molar-refractivity contribution in [3.05, 3.63) is 33.8 Å². The van der Waals surface area contributed by atoms with Gasteiger partial charge in [0.25, 0.3) is 0 Å². The van der Waals surface area contributed by atoms with Crippen LogP contribution in [0.1, 0.15) is 44.7 Å². The molecule has 1 unspecified atom stereocenters. The van der Waals surface area contributed by atoms with E-state index >= 15 is 0 Å². The fourth-order valence-corrected chi connectivity index (χ4v) is 2.57. The molecule has 2 nitrogen and oxygen atoms in total. The van der Waals surface area contributed by atoms with Gasteiger partial charge in [-0.15, -0.1) is 0 Å². The molecule has 0 saturated carbocycles. The summed E-state index contributed by atoms with van der Waals surface area (Å²) in [6.07, 6.45) is 2.47. The highest BCUT2D eigenvalue weighted by molar-refractivity contribution is 9.10. The molecule has 0 spiro atoms. The van der Waals surface area contributed by atoms with Crippen LogP contribution in [-0.2, 0) is 17.9 Å². The molecule has 0 aliphatic carbocycles. The zero-order chi connectivity index (χ0) is 14.1. The molecule has 0 aliphatic heterocycles. The first-order valence-electron chi connectivity index (χ1n) is 7.23. The average molecular weight is 328 g/mol. The van der Waals surface area contributed by atoms with E-state index in [1.807, 2.05) is 0 Å². The molecular formula is C16H26BrNO. The Bertz CT molecular complexity index is 368. The van der Waals surface area contributed by atoms with E-state index in [4.69, 9.17) is 4.74 Å². The van der Waals surface area contributed by atoms with Crippen molar-refractivity contribution >= 4 is 15.9 Å². The van der Waals surface area contributed by atoms with E-state index in [1.165, 1.54) is 24.0 Å². The van der Waals surface area contributed by atoms with E-state index in [1.54, 1.807) is 0 Å². The molecule has 1 N–H and O–H groups in total. The Balaban J connectivity index is 2.41. The molecule has 0 aliphatic rings. The predicted octanol–water partition coefficient (Wildman–Crippen LogP) is 4.51. The lowest BCUT2D eigenvalue weighted by Crippen LogP contribution is -2.11. The van der Waals surface area contributed by atoms with Crippen molar-refractivity contribution in [3.8, 4) is 0 Å². The van der Waals surface area contributed by atoms with Crippen LogP contribution in [0.3, 0.4) is 0 Å². The zero-order valence-corrected chi connectivity index (χ0v) is 13.9. The summed E-state index contributed by atoms with van der Waals surface area (Å²) < 4.78 is 6.93. The SMILES string of the molecule is CCCC(C)COCc1ccc(CNCC)cc1Br. The van der Waals surface area contributed by atoms with E-state index in [0.717, 1.165) is 24.2 Å². The summed E-state index contributed by atoms with van der Waals surface area (Å²) in [5.74, 6) is 0.650. The molecule has 1 atom stereocenters. The Morgan fingerprint density at radius 3 is 2.74 bits per heavy atom. The molecule has 3 heteroatoms. The number of hydrogen-bond donors (Lipinski definition) is 1. The van der Waals surface area contributed by atoms with Gasteiger partial charge in [0.15, 0.2) is 0 Å². The van der Waals surface area contributed by atoms with Crippen LogP contribution in [0, 0.1) is 5.92 Å². The van der Waals surface area contributed by atoms with E-state index in [9.17, 15) is 0 Å². The molecule has 1 rings (SSSR count). The number of rotatable bonds is 9. The lowest BCUT2D eigenvalue weighted by Gasteiger charge is -2.12. The second kappa shape index (κ2) is 9.51. The summed E-state index contributed by atoms with van der Waals surface area (Å²) in [5.41, 5.74) is 2.53. The highest BCUT2D eigenvalue weighted by Gasteiger charge is 2.04. The van der Waals surface area contributed by atoms with Crippen LogP contribution in [0.15, 0.2) is 22.7 Å². The van der Waals surface area contributed by atoms with Gasteiger partial charge in [-0.25, -0.2) is 0 Å². The van der Waals surface area contributed by atoms with Gasteiger partial charge in [0.05, 0.1) is 6.61 Å². The first kappa shape index (κ1) is 16.7.